The van der Waals surface area contributed by atoms with E-state index in [0.717, 1.165) is 11.4 Å². The number of hydrogen-bond donors (Lipinski definition) is 0. The van der Waals surface area contributed by atoms with Crippen molar-refractivity contribution < 1.29 is 0 Å². The van der Waals surface area contributed by atoms with Crippen molar-refractivity contribution in [2.45, 2.75) is 0 Å². The lowest BCUT2D eigenvalue weighted by atomic mass is 9.93. The summed E-state index contributed by atoms with van der Waals surface area (Å²) in [6, 6.07) is 72.9. The zero-order valence-electron chi connectivity index (χ0n) is 28.4. The van der Waals surface area contributed by atoms with E-state index in [1.54, 1.807) is 0 Å². The maximum Gasteiger partial charge on any atom is 0.0554 e. The van der Waals surface area contributed by atoms with Gasteiger partial charge in [0.15, 0.2) is 0 Å². The van der Waals surface area contributed by atoms with Crippen LogP contribution in [0.25, 0.3) is 75.1 Å². The summed E-state index contributed by atoms with van der Waals surface area (Å²) in [6.45, 7) is 0. The Balaban J connectivity index is 1.13. The summed E-state index contributed by atoms with van der Waals surface area (Å²) < 4.78 is 2.59. The Bertz CT molecular complexity index is 2890. The standard InChI is InChI=1S/C50H33NS/c1-2-13-34(14-3-1)40-16-6-7-17-41(40)35-25-29-38(30-26-35)51(47-22-12-24-49-50(47)45-21-10-11-23-48(45)52-49)39-31-27-36(28-32-39)46-33-37-15-4-5-18-42(37)43-19-8-9-20-44(43)46/h1-33H. The van der Waals surface area contributed by atoms with Crippen molar-refractivity contribution in [3.8, 4) is 33.4 Å². The molecule has 0 N–H and O–H groups in total. The molecule has 10 aromatic rings. The van der Waals surface area contributed by atoms with Gasteiger partial charge in [0.25, 0.3) is 0 Å². The van der Waals surface area contributed by atoms with Crippen LogP contribution >= 0.6 is 11.3 Å². The van der Waals surface area contributed by atoms with Gasteiger partial charge in [-0.05, 0) is 103 Å². The van der Waals surface area contributed by atoms with Crippen LogP contribution in [0.3, 0.4) is 0 Å². The Morgan fingerprint density at radius 2 is 0.846 bits per heavy atom. The Labute approximate surface area is 307 Å². The van der Waals surface area contributed by atoms with Crippen LogP contribution in [0, 0.1) is 0 Å². The molecule has 9 aromatic carbocycles. The molecular formula is C50H33NS. The van der Waals surface area contributed by atoms with E-state index < -0.39 is 0 Å². The third-order valence-electron chi connectivity index (χ3n) is 10.3. The van der Waals surface area contributed by atoms with Crippen LogP contribution in [0.1, 0.15) is 0 Å². The molecule has 0 aliphatic rings. The van der Waals surface area contributed by atoms with E-state index in [2.05, 4.69) is 205 Å². The minimum Gasteiger partial charge on any atom is -0.310 e. The molecule has 1 heterocycles. The van der Waals surface area contributed by atoms with Crippen LogP contribution in [-0.4, -0.2) is 0 Å². The SMILES string of the molecule is c1ccc(-c2ccccc2-c2ccc(N(c3ccc(-c4cc5ccccc5c5ccccc45)cc3)c3cccc4sc5ccccc5c34)cc2)cc1. The highest BCUT2D eigenvalue weighted by molar-refractivity contribution is 7.26. The minimum atomic E-state index is 1.12. The molecule has 0 fully saturated rings. The molecule has 244 valence electrons. The molecule has 52 heavy (non-hydrogen) atoms. The summed E-state index contributed by atoms with van der Waals surface area (Å²) in [6.07, 6.45) is 0. The summed E-state index contributed by atoms with van der Waals surface area (Å²) in [5, 5.41) is 7.67. The molecule has 0 atom stereocenters. The van der Waals surface area contributed by atoms with Crippen LogP contribution in [-0.2, 0) is 0 Å². The fourth-order valence-corrected chi connectivity index (χ4v) is 8.97. The number of fused-ring (bicyclic) bond motifs is 6. The van der Waals surface area contributed by atoms with Crippen molar-refractivity contribution in [3.05, 3.63) is 200 Å². The van der Waals surface area contributed by atoms with Crippen molar-refractivity contribution >= 4 is 70.1 Å². The normalized spacial score (nSPS) is 11.5. The van der Waals surface area contributed by atoms with Gasteiger partial charge in [-0.2, -0.15) is 0 Å². The van der Waals surface area contributed by atoms with Gasteiger partial charge in [0.05, 0.1) is 5.69 Å². The smallest absolute Gasteiger partial charge is 0.0554 e. The highest BCUT2D eigenvalue weighted by Gasteiger charge is 2.19. The minimum absolute atomic E-state index is 1.12. The zero-order chi connectivity index (χ0) is 34.4. The molecule has 0 saturated heterocycles. The number of anilines is 3. The topological polar surface area (TPSA) is 3.24 Å². The average Bonchev–Trinajstić information content (AvgIpc) is 3.61. The van der Waals surface area contributed by atoms with Gasteiger partial charge in [-0.1, -0.05) is 152 Å². The number of thiophene rings is 1. The van der Waals surface area contributed by atoms with Gasteiger partial charge < -0.3 is 4.90 Å². The second kappa shape index (κ2) is 12.7. The van der Waals surface area contributed by atoms with E-state index in [1.165, 1.54) is 80.8 Å². The summed E-state index contributed by atoms with van der Waals surface area (Å²) in [5.74, 6) is 0. The third-order valence-corrected chi connectivity index (χ3v) is 11.4. The summed E-state index contributed by atoms with van der Waals surface area (Å²) in [5.41, 5.74) is 10.7. The molecule has 0 unspecified atom stereocenters. The van der Waals surface area contributed by atoms with Crippen LogP contribution in [0.5, 0.6) is 0 Å². The summed E-state index contributed by atoms with van der Waals surface area (Å²) >= 11 is 1.86. The fourth-order valence-electron chi connectivity index (χ4n) is 7.85. The van der Waals surface area contributed by atoms with Crippen LogP contribution in [0.4, 0.5) is 17.1 Å². The van der Waals surface area contributed by atoms with Crippen LogP contribution in [0.15, 0.2) is 200 Å². The molecule has 0 bridgehead atoms. The van der Waals surface area contributed by atoms with Crippen molar-refractivity contribution in [1.82, 2.24) is 0 Å². The Hall–Kier alpha value is -6.48. The Morgan fingerprint density at radius 1 is 0.327 bits per heavy atom. The van der Waals surface area contributed by atoms with Gasteiger partial charge in [0.1, 0.15) is 0 Å². The molecule has 0 aliphatic heterocycles. The lowest BCUT2D eigenvalue weighted by Crippen LogP contribution is -2.10. The highest BCUT2D eigenvalue weighted by atomic mass is 32.1. The average molecular weight is 680 g/mol. The van der Waals surface area contributed by atoms with Crippen LogP contribution < -0.4 is 4.90 Å². The highest BCUT2D eigenvalue weighted by Crippen LogP contribution is 2.46. The lowest BCUT2D eigenvalue weighted by Gasteiger charge is -2.27. The van der Waals surface area contributed by atoms with E-state index in [9.17, 15) is 0 Å². The zero-order valence-corrected chi connectivity index (χ0v) is 29.2. The number of rotatable bonds is 6. The van der Waals surface area contributed by atoms with Gasteiger partial charge in [-0.15, -0.1) is 11.3 Å². The van der Waals surface area contributed by atoms with Gasteiger partial charge in [-0.3, -0.25) is 0 Å². The third kappa shape index (κ3) is 5.16. The molecule has 10 rings (SSSR count). The van der Waals surface area contributed by atoms with E-state index >= 15 is 0 Å². The van der Waals surface area contributed by atoms with Gasteiger partial charge in [0.2, 0.25) is 0 Å². The predicted octanol–water partition coefficient (Wildman–Crippen LogP) is 14.8. The van der Waals surface area contributed by atoms with Crippen LogP contribution in [0.2, 0.25) is 0 Å². The molecule has 1 nitrogen and oxygen atoms in total. The number of hydrogen-bond acceptors (Lipinski definition) is 2. The first-order valence-corrected chi connectivity index (χ1v) is 18.6. The molecule has 0 spiro atoms. The molecule has 0 aliphatic carbocycles. The summed E-state index contributed by atoms with van der Waals surface area (Å²) in [7, 11) is 0. The molecule has 2 heteroatoms. The molecule has 0 saturated carbocycles. The largest absolute Gasteiger partial charge is 0.310 e. The number of nitrogens with zero attached hydrogens (tertiary/aromatic N) is 1. The van der Waals surface area contributed by atoms with Gasteiger partial charge in [-0.25, -0.2) is 0 Å². The fraction of sp³-hybridized carbons (Fsp3) is 0. The summed E-state index contributed by atoms with van der Waals surface area (Å²) in [4.78, 5) is 2.43. The Kier molecular flexibility index (Phi) is 7.41. The van der Waals surface area contributed by atoms with E-state index in [4.69, 9.17) is 0 Å². The number of benzene rings is 9. The van der Waals surface area contributed by atoms with Crippen molar-refractivity contribution in [1.29, 1.82) is 0 Å². The maximum absolute atomic E-state index is 2.43. The van der Waals surface area contributed by atoms with Gasteiger partial charge in [0, 0.05) is 31.5 Å². The second-order valence-electron chi connectivity index (χ2n) is 13.3. The van der Waals surface area contributed by atoms with Crippen molar-refractivity contribution in [3.63, 3.8) is 0 Å². The monoisotopic (exact) mass is 679 g/mol. The Morgan fingerprint density at radius 3 is 1.56 bits per heavy atom. The van der Waals surface area contributed by atoms with Crippen molar-refractivity contribution in [2.24, 2.45) is 0 Å². The second-order valence-corrected chi connectivity index (χ2v) is 14.4. The van der Waals surface area contributed by atoms with Crippen molar-refractivity contribution in [2.75, 3.05) is 4.90 Å². The molecular weight excluding hydrogens is 647 g/mol. The molecule has 1 aromatic heterocycles. The first-order valence-electron chi connectivity index (χ1n) is 17.8. The quantitative estimate of drug-likeness (QED) is 0.158. The van der Waals surface area contributed by atoms with E-state index in [0.29, 0.717) is 0 Å². The first kappa shape index (κ1) is 30.4. The lowest BCUT2D eigenvalue weighted by molar-refractivity contribution is 1.30. The maximum atomic E-state index is 2.43. The van der Waals surface area contributed by atoms with E-state index in [1.807, 2.05) is 11.3 Å². The molecule has 0 radical (unpaired) electrons. The van der Waals surface area contributed by atoms with E-state index in [-0.39, 0.29) is 0 Å². The molecule has 0 amide bonds. The predicted molar refractivity (Wildman–Crippen MR) is 225 cm³/mol. The van der Waals surface area contributed by atoms with Gasteiger partial charge >= 0.3 is 0 Å². The first-order chi connectivity index (χ1) is 25.8.